The van der Waals surface area contributed by atoms with Crippen LogP contribution in [0.2, 0.25) is 0 Å². The summed E-state index contributed by atoms with van der Waals surface area (Å²) in [6, 6.07) is 6.30. The largest absolute Gasteiger partial charge is 0.493 e. The Bertz CT molecular complexity index is 427. The highest BCUT2D eigenvalue weighted by atomic mass is 16.5. The number of para-hydroxylation sites is 1. The van der Waals surface area contributed by atoms with E-state index in [1.807, 2.05) is 6.07 Å². The third-order valence-electron chi connectivity index (χ3n) is 4.69. The molecule has 0 aromatic heterocycles. The highest BCUT2D eigenvalue weighted by molar-refractivity contribution is 5.47. The van der Waals surface area contributed by atoms with Gasteiger partial charge in [-0.05, 0) is 49.9 Å². The standard InChI is InChI=1S/C18H27NO3/c1-20-18-15(13-14-5-9-19-10-6-14)3-2-4-17(18)22-16-7-11-21-12-8-16/h2-4,14,16,19H,5-13H2,1H3. The van der Waals surface area contributed by atoms with Gasteiger partial charge < -0.3 is 19.5 Å². The fourth-order valence-corrected chi connectivity index (χ4v) is 3.42. The van der Waals surface area contributed by atoms with Crippen molar-refractivity contribution in [2.24, 2.45) is 5.92 Å². The van der Waals surface area contributed by atoms with E-state index in [4.69, 9.17) is 14.2 Å². The van der Waals surface area contributed by atoms with Crippen LogP contribution in [0.1, 0.15) is 31.2 Å². The van der Waals surface area contributed by atoms with Gasteiger partial charge in [0.25, 0.3) is 0 Å². The van der Waals surface area contributed by atoms with Gasteiger partial charge in [0, 0.05) is 12.8 Å². The second-order valence-electron chi connectivity index (χ2n) is 6.28. The summed E-state index contributed by atoms with van der Waals surface area (Å²) < 4.78 is 17.3. The molecule has 0 bridgehead atoms. The lowest BCUT2D eigenvalue weighted by Gasteiger charge is -2.26. The van der Waals surface area contributed by atoms with Crippen LogP contribution in [0.3, 0.4) is 0 Å². The lowest BCUT2D eigenvalue weighted by Crippen LogP contribution is -2.28. The van der Waals surface area contributed by atoms with Crippen LogP contribution < -0.4 is 14.8 Å². The van der Waals surface area contributed by atoms with E-state index >= 15 is 0 Å². The first kappa shape index (κ1) is 15.6. The van der Waals surface area contributed by atoms with Crippen molar-refractivity contribution in [3.05, 3.63) is 23.8 Å². The molecule has 2 saturated heterocycles. The predicted molar refractivity (Wildman–Crippen MR) is 86.8 cm³/mol. The minimum atomic E-state index is 0.247. The van der Waals surface area contributed by atoms with Gasteiger partial charge in [-0.2, -0.15) is 0 Å². The van der Waals surface area contributed by atoms with E-state index in [1.165, 1.54) is 18.4 Å². The molecule has 0 aliphatic carbocycles. The van der Waals surface area contributed by atoms with E-state index in [-0.39, 0.29) is 6.10 Å². The molecule has 22 heavy (non-hydrogen) atoms. The van der Waals surface area contributed by atoms with Gasteiger partial charge in [0.1, 0.15) is 6.10 Å². The first-order valence-electron chi connectivity index (χ1n) is 8.48. The number of hydrogen-bond acceptors (Lipinski definition) is 4. The molecule has 4 heteroatoms. The average molecular weight is 305 g/mol. The number of hydrogen-bond donors (Lipinski definition) is 1. The molecule has 0 atom stereocenters. The molecule has 3 rings (SSSR count). The maximum absolute atomic E-state index is 6.19. The monoisotopic (exact) mass is 305 g/mol. The lowest BCUT2D eigenvalue weighted by molar-refractivity contribution is 0.0245. The molecule has 122 valence electrons. The van der Waals surface area contributed by atoms with Crippen LogP contribution in [0.5, 0.6) is 11.5 Å². The van der Waals surface area contributed by atoms with Gasteiger partial charge in [-0.15, -0.1) is 0 Å². The maximum Gasteiger partial charge on any atom is 0.163 e. The Morgan fingerprint density at radius 2 is 1.91 bits per heavy atom. The zero-order chi connectivity index (χ0) is 15.2. The van der Waals surface area contributed by atoms with Crippen molar-refractivity contribution in [3.8, 4) is 11.5 Å². The Morgan fingerprint density at radius 3 is 2.64 bits per heavy atom. The van der Waals surface area contributed by atoms with Crippen LogP contribution in [-0.4, -0.2) is 39.5 Å². The second kappa shape index (κ2) is 7.84. The number of benzene rings is 1. The fraction of sp³-hybridized carbons (Fsp3) is 0.667. The van der Waals surface area contributed by atoms with Crippen molar-refractivity contribution in [2.45, 2.75) is 38.2 Å². The van der Waals surface area contributed by atoms with Crippen LogP contribution >= 0.6 is 0 Å². The topological polar surface area (TPSA) is 39.7 Å². The molecule has 2 fully saturated rings. The van der Waals surface area contributed by atoms with Crippen molar-refractivity contribution < 1.29 is 14.2 Å². The summed E-state index contributed by atoms with van der Waals surface area (Å²) in [6.45, 7) is 3.85. The number of nitrogens with one attached hydrogen (secondary N) is 1. The molecule has 0 amide bonds. The van der Waals surface area contributed by atoms with Crippen LogP contribution in [-0.2, 0) is 11.2 Å². The summed E-state index contributed by atoms with van der Waals surface area (Å²) in [5.41, 5.74) is 1.28. The Balaban J connectivity index is 1.71. The molecule has 1 aromatic rings. The minimum absolute atomic E-state index is 0.247. The van der Waals surface area contributed by atoms with Crippen molar-refractivity contribution in [1.82, 2.24) is 5.32 Å². The first-order chi connectivity index (χ1) is 10.9. The predicted octanol–water partition coefficient (Wildman–Crippen LogP) is 2.80. The summed E-state index contributed by atoms with van der Waals surface area (Å²) in [7, 11) is 1.75. The third-order valence-corrected chi connectivity index (χ3v) is 4.69. The number of methoxy groups -OCH3 is 1. The smallest absolute Gasteiger partial charge is 0.163 e. The van der Waals surface area contributed by atoms with Crippen molar-refractivity contribution in [1.29, 1.82) is 0 Å². The molecule has 1 aromatic carbocycles. The maximum atomic E-state index is 6.19. The van der Waals surface area contributed by atoms with Crippen LogP contribution in [0.15, 0.2) is 18.2 Å². The van der Waals surface area contributed by atoms with E-state index < -0.39 is 0 Å². The molecule has 2 heterocycles. The van der Waals surface area contributed by atoms with Gasteiger partial charge in [0.05, 0.1) is 20.3 Å². The number of ether oxygens (including phenoxy) is 3. The van der Waals surface area contributed by atoms with E-state index in [2.05, 4.69) is 17.4 Å². The average Bonchev–Trinajstić information content (AvgIpc) is 2.57. The molecular weight excluding hydrogens is 278 g/mol. The third kappa shape index (κ3) is 3.93. The van der Waals surface area contributed by atoms with Crippen molar-refractivity contribution in [3.63, 3.8) is 0 Å². The van der Waals surface area contributed by atoms with E-state index in [9.17, 15) is 0 Å². The first-order valence-corrected chi connectivity index (χ1v) is 8.48. The van der Waals surface area contributed by atoms with E-state index in [1.54, 1.807) is 7.11 Å². The quantitative estimate of drug-likeness (QED) is 0.908. The molecular formula is C18H27NO3. The van der Waals surface area contributed by atoms with Crippen LogP contribution in [0.4, 0.5) is 0 Å². The Hall–Kier alpha value is -1.26. The Labute approximate surface area is 133 Å². The summed E-state index contributed by atoms with van der Waals surface area (Å²) in [6.07, 6.45) is 5.73. The van der Waals surface area contributed by atoms with E-state index in [0.717, 1.165) is 63.0 Å². The molecule has 2 aliphatic rings. The molecule has 1 N–H and O–H groups in total. The number of piperidine rings is 1. The molecule has 2 aliphatic heterocycles. The molecule has 4 nitrogen and oxygen atoms in total. The zero-order valence-electron chi connectivity index (χ0n) is 13.5. The van der Waals surface area contributed by atoms with Crippen LogP contribution in [0.25, 0.3) is 0 Å². The van der Waals surface area contributed by atoms with Crippen molar-refractivity contribution in [2.75, 3.05) is 33.4 Å². The normalized spacial score (nSPS) is 20.8. The minimum Gasteiger partial charge on any atom is -0.493 e. The van der Waals surface area contributed by atoms with Gasteiger partial charge in [0.2, 0.25) is 0 Å². The summed E-state index contributed by atoms with van der Waals surface area (Å²) in [5.74, 6) is 2.56. The lowest BCUT2D eigenvalue weighted by atomic mass is 9.90. The molecule has 0 saturated carbocycles. The molecule has 0 radical (unpaired) electrons. The summed E-state index contributed by atoms with van der Waals surface area (Å²) in [4.78, 5) is 0. The van der Waals surface area contributed by atoms with Gasteiger partial charge in [-0.1, -0.05) is 12.1 Å². The SMILES string of the molecule is COc1c(CC2CCNCC2)cccc1OC1CCOCC1. The highest BCUT2D eigenvalue weighted by Gasteiger charge is 2.21. The molecule has 0 spiro atoms. The zero-order valence-corrected chi connectivity index (χ0v) is 13.5. The highest BCUT2D eigenvalue weighted by Crippen LogP contribution is 2.35. The van der Waals surface area contributed by atoms with Gasteiger partial charge in [0.15, 0.2) is 11.5 Å². The summed E-state index contributed by atoms with van der Waals surface area (Å²) >= 11 is 0. The second-order valence-corrected chi connectivity index (χ2v) is 6.28. The Morgan fingerprint density at radius 1 is 1.14 bits per heavy atom. The van der Waals surface area contributed by atoms with Gasteiger partial charge >= 0.3 is 0 Å². The van der Waals surface area contributed by atoms with Gasteiger partial charge in [-0.25, -0.2) is 0 Å². The van der Waals surface area contributed by atoms with Crippen LogP contribution in [0, 0.1) is 5.92 Å². The summed E-state index contributed by atoms with van der Waals surface area (Å²) in [5, 5.41) is 3.43. The fourth-order valence-electron chi connectivity index (χ4n) is 3.42. The number of rotatable bonds is 5. The van der Waals surface area contributed by atoms with E-state index in [0.29, 0.717) is 0 Å². The Kier molecular flexibility index (Phi) is 5.57. The molecule has 0 unspecified atom stereocenters. The van der Waals surface area contributed by atoms with Gasteiger partial charge in [-0.3, -0.25) is 0 Å². The van der Waals surface area contributed by atoms with Crippen molar-refractivity contribution >= 4 is 0 Å².